The van der Waals surface area contributed by atoms with E-state index in [1.165, 1.54) is 95.3 Å². The van der Waals surface area contributed by atoms with Gasteiger partial charge in [0.1, 0.15) is 0 Å². The lowest BCUT2D eigenvalue weighted by Crippen LogP contribution is -2.60. The molecule has 0 radical (unpaired) electrons. The van der Waals surface area contributed by atoms with Crippen LogP contribution in [0.4, 0.5) is 39.8 Å². The molecule has 9 aliphatic rings. The Hall–Kier alpha value is -5.67. The zero-order chi connectivity index (χ0) is 39.4. The van der Waals surface area contributed by atoms with Gasteiger partial charge in [-0.05, 0) is 119 Å². The first-order valence-corrected chi connectivity index (χ1v) is 22.3. The number of anilines is 7. The van der Waals surface area contributed by atoms with Crippen molar-refractivity contribution in [2.24, 2.45) is 0 Å². The summed E-state index contributed by atoms with van der Waals surface area (Å²) in [6, 6.07) is 22.6. The van der Waals surface area contributed by atoms with Crippen molar-refractivity contribution in [3.63, 3.8) is 0 Å². The Morgan fingerprint density at radius 2 is 1.19 bits per heavy atom. The van der Waals surface area contributed by atoms with Gasteiger partial charge < -0.3 is 14.7 Å². The molecule has 4 aliphatic carbocycles. The number of para-hydroxylation sites is 1. The average Bonchev–Trinajstić information content (AvgIpc) is 3.27. The summed E-state index contributed by atoms with van der Waals surface area (Å²) >= 11 is 0. The minimum Gasteiger partial charge on any atom is -0.315 e. The molecule has 3 nitrogen and oxygen atoms in total. The Morgan fingerprint density at radius 3 is 1.80 bits per heavy atom. The van der Waals surface area contributed by atoms with Crippen LogP contribution in [0.2, 0.25) is 11.6 Å². The topological polar surface area (TPSA) is 9.72 Å². The third-order valence-electron chi connectivity index (χ3n) is 15.6. The van der Waals surface area contributed by atoms with Gasteiger partial charge in [-0.3, -0.25) is 0 Å². The molecule has 4 aromatic rings. The highest BCUT2D eigenvalue weighted by Gasteiger charge is 2.56. The van der Waals surface area contributed by atoms with Crippen molar-refractivity contribution >= 4 is 75.1 Å². The Bertz CT molecular complexity index is 2840. The minimum absolute atomic E-state index is 0.166. The molecule has 0 bridgehead atoms. The molecule has 5 heterocycles. The second-order valence-corrected chi connectivity index (χ2v) is 19.3. The monoisotopic (exact) mass is 761 g/mol. The van der Waals surface area contributed by atoms with Gasteiger partial charge in [-0.2, -0.15) is 0 Å². The van der Waals surface area contributed by atoms with Gasteiger partial charge in [0.2, 0.25) is 13.4 Å². The molecule has 0 N–H and O–H groups in total. The first kappa shape index (κ1) is 34.2. The molecule has 286 valence electrons. The summed E-state index contributed by atoms with van der Waals surface area (Å²) in [6.45, 7) is 10.5. The van der Waals surface area contributed by atoms with Crippen LogP contribution in [0.5, 0.6) is 0 Å². The Morgan fingerprint density at radius 1 is 0.559 bits per heavy atom. The molecule has 2 atom stereocenters. The molecule has 0 fully saturated rings. The van der Waals surface area contributed by atoms with Crippen molar-refractivity contribution in [3.8, 4) is 0 Å². The molecule has 0 amide bonds. The largest absolute Gasteiger partial charge is 0.315 e. The number of nitrogens with zero attached hydrogens (tertiary/aromatic N) is 3. The molecule has 5 aliphatic heterocycles. The zero-order valence-corrected chi connectivity index (χ0v) is 34.7. The van der Waals surface area contributed by atoms with Crippen LogP contribution in [0.25, 0.3) is 0 Å². The average molecular weight is 762 g/mol. The standard InChI is InChI=1S/C54H49B2N3/c1-53(2)39-26-17-27-43-47(39)58-49-40(53)28-31-45-52(49)59-48-42(54(3,4)41-29-30-44(51(58)50(41)59)55(43)34-18-9-5-10-19-34)32-38(33-46(48)56(45)35-20-11-6-12-21-35)57(36-22-13-7-14-23-36)37-24-15-8-16-25-37/h5-7,9-13,15,17-18,20,22,24-35H,8,14,16,19,21,23H2,1-4H3. The van der Waals surface area contributed by atoms with Gasteiger partial charge in [0, 0.05) is 39.3 Å². The Kier molecular flexibility index (Phi) is 6.94. The summed E-state index contributed by atoms with van der Waals surface area (Å²) < 4.78 is 0. The van der Waals surface area contributed by atoms with E-state index in [1.54, 1.807) is 0 Å². The molecule has 0 aromatic heterocycles. The first-order valence-electron chi connectivity index (χ1n) is 22.3. The van der Waals surface area contributed by atoms with Gasteiger partial charge >= 0.3 is 0 Å². The van der Waals surface area contributed by atoms with E-state index in [-0.39, 0.29) is 24.3 Å². The summed E-state index contributed by atoms with van der Waals surface area (Å²) in [7, 11) is 0. The summed E-state index contributed by atoms with van der Waals surface area (Å²) in [6.07, 6.45) is 39.4. The predicted octanol–water partition coefficient (Wildman–Crippen LogP) is 11.1. The lowest BCUT2D eigenvalue weighted by molar-refractivity contribution is 0.623. The van der Waals surface area contributed by atoms with Crippen LogP contribution >= 0.6 is 0 Å². The van der Waals surface area contributed by atoms with Crippen LogP contribution in [0.15, 0.2) is 151 Å². The van der Waals surface area contributed by atoms with Crippen molar-refractivity contribution in [2.75, 3.05) is 14.7 Å². The fourth-order valence-corrected chi connectivity index (χ4v) is 12.9. The summed E-state index contributed by atoms with van der Waals surface area (Å²) in [5.41, 5.74) is 23.7. The van der Waals surface area contributed by atoms with Crippen molar-refractivity contribution < 1.29 is 0 Å². The molecule has 4 aromatic carbocycles. The quantitative estimate of drug-likeness (QED) is 0.165. The normalized spacial score (nSPS) is 23.1. The highest BCUT2D eigenvalue weighted by atomic mass is 15.3. The number of allylic oxidation sites excluding steroid dienone is 15. The van der Waals surface area contributed by atoms with E-state index >= 15 is 0 Å². The maximum atomic E-state index is 2.81. The second-order valence-electron chi connectivity index (χ2n) is 19.3. The first-order chi connectivity index (χ1) is 28.8. The van der Waals surface area contributed by atoms with Crippen LogP contribution in [0, 0.1) is 0 Å². The van der Waals surface area contributed by atoms with Gasteiger partial charge in [-0.1, -0.05) is 143 Å². The lowest BCUT2D eigenvalue weighted by atomic mass is 9.29. The molecule has 5 heteroatoms. The third-order valence-corrected chi connectivity index (χ3v) is 15.6. The Balaban J connectivity index is 1.15. The van der Waals surface area contributed by atoms with E-state index in [2.05, 4.69) is 182 Å². The van der Waals surface area contributed by atoms with E-state index in [1.807, 2.05) is 0 Å². The fraction of sp³-hybridized carbons (Fsp3) is 0.259. The van der Waals surface area contributed by atoms with Crippen LogP contribution in [0.3, 0.4) is 0 Å². The van der Waals surface area contributed by atoms with Gasteiger partial charge in [0.15, 0.2) is 0 Å². The third kappa shape index (κ3) is 4.36. The van der Waals surface area contributed by atoms with Gasteiger partial charge in [0.25, 0.3) is 0 Å². The van der Waals surface area contributed by atoms with Crippen LogP contribution < -0.4 is 36.6 Å². The van der Waals surface area contributed by atoms with E-state index in [4.69, 9.17) is 0 Å². The second kappa shape index (κ2) is 12.0. The molecule has 0 saturated carbocycles. The van der Waals surface area contributed by atoms with E-state index in [9.17, 15) is 0 Å². The molecule has 2 unspecified atom stereocenters. The summed E-state index contributed by atoms with van der Waals surface area (Å²) in [4.78, 5) is 8.21. The van der Waals surface area contributed by atoms with Crippen LogP contribution in [-0.4, -0.2) is 13.4 Å². The fourth-order valence-electron chi connectivity index (χ4n) is 12.9. The van der Waals surface area contributed by atoms with Crippen molar-refractivity contribution in [1.82, 2.24) is 0 Å². The molecule has 0 saturated heterocycles. The maximum Gasteiger partial charge on any atom is 0.222 e. The smallest absolute Gasteiger partial charge is 0.222 e. The molecule has 13 rings (SSSR count). The molecular formula is C54H49B2N3. The number of benzene rings is 4. The number of rotatable bonds is 5. The van der Waals surface area contributed by atoms with Gasteiger partial charge in [-0.15, -0.1) is 0 Å². The zero-order valence-electron chi connectivity index (χ0n) is 34.7. The SMILES string of the molecule is CC1(C)c2cccc3c2N2c4c(ccc5c4N4c6c(cc(N(C7=CCCC=C7)C7=CC=CCC7)cc6C5(C)C)B(C5C=CC=CC5)c5ccc1c2c54)B3C1C=CC=CC1. The number of hydrogen-bond donors (Lipinski definition) is 0. The lowest BCUT2D eigenvalue weighted by Gasteiger charge is -2.58. The number of hydrogen-bond acceptors (Lipinski definition) is 3. The van der Waals surface area contributed by atoms with E-state index in [0.29, 0.717) is 11.6 Å². The summed E-state index contributed by atoms with van der Waals surface area (Å²) in [5, 5.41) is 0. The predicted molar refractivity (Wildman–Crippen MR) is 252 cm³/mol. The maximum absolute atomic E-state index is 2.81. The van der Waals surface area contributed by atoms with Crippen molar-refractivity contribution in [1.29, 1.82) is 0 Å². The molecule has 0 spiro atoms. The van der Waals surface area contributed by atoms with E-state index < -0.39 is 0 Å². The van der Waals surface area contributed by atoms with Gasteiger partial charge in [-0.25, -0.2) is 0 Å². The van der Waals surface area contributed by atoms with Crippen LogP contribution in [-0.2, 0) is 10.8 Å². The highest BCUT2D eigenvalue weighted by Crippen LogP contribution is 2.67. The summed E-state index contributed by atoms with van der Waals surface area (Å²) in [5.74, 6) is 0.751. The van der Waals surface area contributed by atoms with E-state index in [0.717, 1.165) is 38.5 Å². The van der Waals surface area contributed by atoms with Crippen LogP contribution in [0.1, 0.15) is 88.5 Å². The van der Waals surface area contributed by atoms with Gasteiger partial charge in [0.05, 0.1) is 22.7 Å². The van der Waals surface area contributed by atoms with Crippen molar-refractivity contribution in [3.05, 3.63) is 173 Å². The molecule has 59 heavy (non-hydrogen) atoms. The molecular weight excluding hydrogens is 712 g/mol. The van der Waals surface area contributed by atoms with Crippen molar-refractivity contribution in [2.45, 2.75) is 88.7 Å². The highest BCUT2D eigenvalue weighted by molar-refractivity contribution is 6.91. The minimum atomic E-state index is -0.248. The Labute approximate surface area is 350 Å².